The van der Waals surface area contributed by atoms with E-state index in [1.54, 1.807) is 23.1 Å². The van der Waals surface area contributed by atoms with Crippen LogP contribution in [0.3, 0.4) is 0 Å². The highest BCUT2D eigenvalue weighted by atomic mass is 16.4. The number of nitrogens with zero attached hydrogens (tertiary/aromatic N) is 1. The standard InChI is InChI=1S/C19H17N3O4/c23-17(20-13-5-8-16-15(11-13)21-19(25)26-16)10-12-3-6-14(7-4-12)22-9-1-2-18(22)24/h3-8,11H,1-2,9-10H2,(H,20,23)(H,21,25). The smallest absolute Gasteiger partial charge is 0.408 e. The van der Waals surface area contributed by atoms with Gasteiger partial charge in [0.25, 0.3) is 0 Å². The van der Waals surface area contributed by atoms with Crippen LogP contribution in [0.25, 0.3) is 11.1 Å². The number of carbonyl (C=O) groups is 2. The molecule has 1 fully saturated rings. The molecule has 26 heavy (non-hydrogen) atoms. The molecule has 0 radical (unpaired) electrons. The van der Waals surface area contributed by atoms with Gasteiger partial charge in [0, 0.05) is 24.3 Å². The van der Waals surface area contributed by atoms with Gasteiger partial charge in [0.15, 0.2) is 5.58 Å². The third-order valence-corrected chi connectivity index (χ3v) is 4.39. The Bertz CT molecular complexity index is 1030. The van der Waals surface area contributed by atoms with Crippen molar-refractivity contribution in [2.45, 2.75) is 19.3 Å². The van der Waals surface area contributed by atoms with Crippen molar-refractivity contribution in [3.8, 4) is 0 Å². The predicted molar refractivity (Wildman–Crippen MR) is 97.2 cm³/mol. The molecule has 0 unspecified atom stereocenters. The summed E-state index contributed by atoms with van der Waals surface area (Å²) >= 11 is 0. The van der Waals surface area contributed by atoms with Crippen LogP contribution in [0.5, 0.6) is 0 Å². The fourth-order valence-electron chi connectivity index (χ4n) is 3.14. The molecule has 1 aromatic heterocycles. The lowest BCUT2D eigenvalue weighted by molar-refractivity contribution is -0.117. The maximum atomic E-state index is 12.2. The summed E-state index contributed by atoms with van der Waals surface area (Å²) in [7, 11) is 0. The van der Waals surface area contributed by atoms with Gasteiger partial charge < -0.3 is 14.6 Å². The van der Waals surface area contributed by atoms with Crippen LogP contribution < -0.4 is 16.0 Å². The van der Waals surface area contributed by atoms with Gasteiger partial charge in [-0.3, -0.25) is 14.6 Å². The molecule has 2 heterocycles. The van der Waals surface area contributed by atoms with Crippen LogP contribution in [0.4, 0.5) is 11.4 Å². The zero-order valence-electron chi connectivity index (χ0n) is 14.0. The molecule has 132 valence electrons. The molecule has 7 nitrogen and oxygen atoms in total. The quantitative estimate of drug-likeness (QED) is 0.755. The van der Waals surface area contributed by atoms with E-state index in [2.05, 4.69) is 10.3 Å². The Kier molecular flexibility index (Phi) is 4.04. The average Bonchev–Trinajstić information content (AvgIpc) is 3.19. The summed E-state index contributed by atoms with van der Waals surface area (Å²) in [6.45, 7) is 0.747. The van der Waals surface area contributed by atoms with E-state index in [-0.39, 0.29) is 18.2 Å². The number of aromatic nitrogens is 1. The number of aromatic amines is 1. The zero-order chi connectivity index (χ0) is 18.1. The maximum absolute atomic E-state index is 12.2. The van der Waals surface area contributed by atoms with Gasteiger partial charge >= 0.3 is 5.76 Å². The SMILES string of the molecule is O=C(Cc1ccc(N2CCCC2=O)cc1)Nc1ccc2oc(=O)[nH]c2c1. The van der Waals surface area contributed by atoms with E-state index in [1.165, 1.54) is 0 Å². The molecule has 0 bridgehead atoms. The normalized spacial score (nSPS) is 14.2. The molecular formula is C19H17N3O4. The number of H-pyrrole nitrogens is 1. The molecule has 2 aromatic carbocycles. The topological polar surface area (TPSA) is 95.4 Å². The first-order valence-electron chi connectivity index (χ1n) is 8.40. The molecule has 2 N–H and O–H groups in total. The minimum absolute atomic E-state index is 0.142. The van der Waals surface area contributed by atoms with Crippen molar-refractivity contribution in [3.05, 3.63) is 58.6 Å². The zero-order valence-corrected chi connectivity index (χ0v) is 14.0. The van der Waals surface area contributed by atoms with Gasteiger partial charge in [-0.05, 0) is 42.3 Å². The van der Waals surface area contributed by atoms with Crippen LogP contribution in [-0.2, 0) is 16.0 Å². The number of amides is 2. The Hall–Kier alpha value is -3.35. The van der Waals surface area contributed by atoms with Crippen LogP contribution in [0.2, 0.25) is 0 Å². The Balaban J connectivity index is 1.42. The molecule has 7 heteroatoms. The largest absolute Gasteiger partial charge is 0.417 e. The minimum atomic E-state index is -0.528. The highest BCUT2D eigenvalue weighted by molar-refractivity contribution is 5.96. The van der Waals surface area contributed by atoms with Gasteiger partial charge in [-0.15, -0.1) is 0 Å². The fourth-order valence-corrected chi connectivity index (χ4v) is 3.14. The molecule has 0 atom stereocenters. The number of fused-ring (bicyclic) bond motifs is 1. The van der Waals surface area contributed by atoms with Crippen molar-refractivity contribution in [1.82, 2.24) is 4.98 Å². The first-order valence-corrected chi connectivity index (χ1v) is 8.40. The third-order valence-electron chi connectivity index (χ3n) is 4.39. The highest BCUT2D eigenvalue weighted by Gasteiger charge is 2.21. The van der Waals surface area contributed by atoms with Crippen molar-refractivity contribution in [2.24, 2.45) is 0 Å². The van der Waals surface area contributed by atoms with Crippen LogP contribution in [0.15, 0.2) is 51.7 Å². The van der Waals surface area contributed by atoms with E-state index in [4.69, 9.17) is 4.42 Å². The molecule has 0 saturated carbocycles. The van der Waals surface area contributed by atoms with Crippen LogP contribution in [-0.4, -0.2) is 23.3 Å². The number of benzene rings is 2. The lowest BCUT2D eigenvalue weighted by Gasteiger charge is -2.15. The van der Waals surface area contributed by atoms with E-state index in [1.807, 2.05) is 24.3 Å². The van der Waals surface area contributed by atoms with Crippen molar-refractivity contribution in [1.29, 1.82) is 0 Å². The Labute approximate surface area is 148 Å². The molecule has 1 aliphatic heterocycles. The van der Waals surface area contributed by atoms with Gasteiger partial charge in [-0.1, -0.05) is 12.1 Å². The summed E-state index contributed by atoms with van der Waals surface area (Å²) in [6, 6.07) is 12.4. The van der Waals surface area contributed by atoms with Crippen LogP contribution in [0, 0.1) is 0 Å². The van der Waals surface area contributed by atoms with E-state index < -0.39 is 5.76 Å². The first-order chi connectivity index (χ1) is 12.6. The predicted octanol–water partition coefficient (Wildman–Crippen LogP) is 2.43. The van der Waals surface area contributed by atoms with E-state index in [0.717, 1.165) is 24.2 Å². The summed E-state index contributed by atoms with van der Waals surface area (Å²) in [5.74, 6) is -0.552. The number of rotatable bonds is 4. The van der Waals surface area contributed by atoms with Crippen molar-refractivity contribution >= 4 is 34.3 Å². The Morgan fingerprint density at radius 2 is 1.96 bits per heavy atom. The maximum Gasteiger partial charge on any atom is 0.417 e. The summed E-state index contributed by atoms with van der Waals surface area (Å²) in [5.41, 5.74) is 3.29. The second-order valence-electron chi connectivity index (χ2n) is 6.27. The Morgan fingerprint density at radius 1 is 1.15 bits per heavy atom. The number of hydrogen-bond donors (Lipinski definition) is 2. The van der Waals surface area contributed by atoms with Crippen molar-refractivity contribution in [3.63, 3.8) is 0 Å². The summed E-state index contributed by atoms with van der Waals surface area (Å²) in [6.07, 6.45) is 1.69. The number of oxazole rings is 1. The Morgan fingerprint density at radius 3 is 2.69 bits per heavy atom. The highest BCUT2D eigenvalue weighted by Crippen LogP contribution is 2.22. The molecule has 4 rings (SSSR count). The molecule has 1 saturated heterocycles. The second kappa shape index (κ2) is 6.51. The summed E-state index contributed by atoms with van der Waals surface area (Å²) < 4.78 is 4.93. The van der Waals surface area contributed by atoms with Crippen LogP contribution >= 0.6 is 0 Å². The van der Waals surface area contributed by atoms with E-state index in [0.29, 0.717) is 23.2 Å². The summed E-state index contributed by atoms with van der Waals surface area (Å²) in [5, 5.41) is 2.80. The summed E-state index contributed by atoms with van der Waals surface area (Å²) in [4.78, 5) is 39.5. The lowest BCUT2D eigenvalue weighted by atomic mass is 10.1. The van der Waals surface area contributed by atoms with Gasteiger partial charge in [0.2, 0.25) is 11.8 Å². The molecule has 0 spiro atoms. The number of anilines is 2. The van der Waals surface area contributed by atoms with E-state index >= 15 is 0 Å². The molecule has 0 aliphatic carbocycles. The van der Waals surface area contributed by atoms with Crippen molar-refractivity contribution < 1.29 is 14.0 Å². The lowest BCUT2D eigenvalue weighted by Crippen LogP contribution is -2.23. The fraction of sp³-hybridized carbons (Fsp3) is 0.211. The second-order valence-corrected chi connectivity index (χ2v) is 6.27. The van der Waals surface area contributed by atoms with Gasteiger partial charge in [0.05, 0.1) is 11.9 Å². The van der Waals surface area contributed by atoms with Gasteiger partial charge in [0.1, 0.15) is 0 Å². The van der Waals surface area contributed by atoms with Crippen LogP contribution in [0.1, 0.15) is 18.4 Å². The third kappa shape index (κ3) is 3.23. The molecule has 1 aliphatic rings. The van der Waals surface area contributed by atoms with Crippen molar-refractivity contribution in [2.75, 3.05) is 16.8 Å². The number of carbonyl (C=O) groups excluding carboxylic acids is 2. The molecular weight excluding hydrogens is 334 g/mol. The number of nitrogens with one attached hydrogen (secondary N) is 2. The van der Waals surface area contributed by atoms with Gasteiger partial charge in [-0.2, -0.15) is 0 Å². The monoisotopic (exact) mass is 351 g/mol. The van der Waals surface area contributed by atoms with E-state index in [9.17, 15) is 14.4 Å². The average molecular weight is 351 g/mol. The molecule has 2 amide bonds. The first kappa shape index (κ1) is 16.1. The minimum Gasteiger partial charge on any atom is -0.408 e. The van der Waals surface area contributed by atoms with Gasteiger partial charge in [-0.25, -0.2) is 4.79 Å². The number of hydrogen-bond acceptors (Lipinski definition) is 4. The molecule has 3 aromatic rings.